The zero-order valence-corrected chi connectivity index (χ0v) is 10.7. The van der Waals surface area contributed by atoms with Crippen molar-refractivity contribution in [3.05, 3.63) is 29.8 Å². The third-order valence-electron chi connectivity index (χ3n) is 3.55. The fourth-order valence-electron chi connectivity index (χ4n) is 2.25. The molecule has 0 bridgehead atoms. The maximum atomic E-state index is 12.2. The Kier molecular flexibility index (Phi) is 3.63. The molecule has 94 valence electrons. The molecule has 18 heavy (non-hydrogen) atoms. The number of anilines is 1. The Hall–Kier alpha value is -1.86. The summed E-state index contributed by atoms with van der Waals surface area (Å²) in [4.78, 5) is 14.0. The lowest BCUT2D eigenvalue weighted by Crippen LogP contribution is -2.45. The molecule has 0 aliphatic carbocycles. The standard InChI is InChI=1S/C14H17N3O/c1-10(9-15)17(2)13-8-7-11-5-3-4-6-12(11)16-14(13)18/h3-6,10,13H,7-8H2,1-2H3,(H,16,18). The zero-order chi connectivity index (χ0) is 13.1. The van der Waals surface area contributed by atoms with Crippen LogP contribution in [0, 0.1) is 11.3 Å². The first-order valence-corrected chi connectivity index (χ1v) is 6.14. The summed E-state index contributed by atoms with van der Waals surface area (Å²) in [6.07, 6.45) is 1.59. The Morgan fingerprint density at radius 1 is 1.50 bits per heavy atom. The summed E-state index contributed by atoms with van der Waals surface area (Å²) in [5, 5.41) is 11.9. The lowest BCUT2D eigenvalue weighted by Gasteiger charge is -2.27. The van der Waals surface area contributed by atoms with E-state index in [-0.39, 0.29) is 18.0 Å². The van der Waals surface area contributed by atoms with Crippen molar-refractivity contribution >= 4 is 11.6 Å². The number of hydrogen-bond donors (Lipinski definition) is 1. The van der Waals surface area contributed by atoms with Gasteiger partial charge in [-0.3, -0.25) is 9.69 Å². The molecule has 1 aromatic carbocycles. The van der Waals surface area contributed by atoms with Gasteiger partial charge >= 0.3 is 0 Å². The van der Waals surface area contributed by atoms with Crippen LogP contribution in [0.5, 0.6) is 0 Å². The number of para-hydroxylation sites is 1. The van der Waals surface area contributed by atoms with Gasteiger partial charge in [0.2, 0.25) is 5.91 Å². The van der Waals surface area contributed by atoms with Crippen molar-refractivity contribution in [2.45, 2.75) is 31.8 Å². The van der Waals surface area contributed by atoms with E-state index in [1.165, 1.54) is 0 Å². The van der Waals surface area contributed by atoms with Crippen molar-refractivity contribution < 1.29 is 4.79 Å². The highest BCUT2D eigenvalue weighted by Crippen LogP contribution is 2.23. The number of fused-ring (bicyclic) bond motifs is 1. The predicted octanol–water partition coefficient (Wildman–Crippen LogP) is 1.78. The second kappa shape index (κ2) is 5.19. The maximum absolute atomic E-state index is 12.2. The molecule has 0 radical (unpaired) electrons. The normalized spacial score (nSPS) is 20.6. The molecule has 4 nitrogen and oxygen atoms in total. The highest BCUT2D eigenvalue weighted by atomic mass is 16.2. The number of benzene rings is 1. The van der Waals surface area contributed by atoms with E-state index in [0.29, 0.717) is 0 Å². The lowest BCUT2D eigenvalue weighted by molar-refractivity contribution is -0.121. The van der Waals surface area contributed by atoms with Crippen LogP contribution in [-0.2, 0) is 11.2 Å². The van der Waals surface area contributed by atoms with E-state index in [1.54, 1.807) is 0 Å². The Bertz CT molecular complexity index is 492. The molecule has 1 aliphatic rings. The molecule has 2 unspecified atom stereocenters. The lowest BCUT2D eigenvalue weighted by atomic mass is 10.0. The third kappa shape index (κ3) is 2.36. The first-order valence-electron chi connectivity index (χ1n) is 6.14. The average Bonchev–Trinajstić information content (AvgIpc) is 2.55. The van der Waals surface area contributed by atoms with E-state index < -0.39 is 0 Å². The molecule has 0 aromatic heterocycles. The maximum Gasteiger partial charge on any atom is 0.241 e. The monoisotopic (exact) mass is 243 g/mol. The fourth-order valence-corrected chi connectivity index (χ4v) is 2.25. The Balaban J connectivity index is 2.20. The summed E-state index contributed by atoms with van der Waals surface area (Å²) in [5.74, 6) is -0.0236. The van der Waals surface area contributed by atoms with Crippen LogP contribution < -0.4 is 5.32 Å². The first-order chi connectivity index (χ1) is 8.63. The molecule has 1 heterocycles. The molecule has 1 N–H and O–H groups in total. The first kappa shape index (κ1) is 12.6. The van der Waals surface area contributed by atoms with Gasteiger partial charge in [0.1, 0.15) is 0 Å². The molecule has 0 fully saturated rings. The van der Waals surface area contributed by atoms with Gasteiger partial charge < -0.3 is 5.32 Å². The van der Waals surface area contributed by atoms with E-state index >= 15 is 0 Å². The number of carbonyl (C=O) groups is 1. The Morgan fingerprint density at radius 2 is 2.22 bits per heavy atom. The minimum atomic E-state index is -0.262. The number of likely N-dealkylation sites (N-methyl/N-ethyl adjacent to an activating group) is 1. The second-order valence-electron chi connectivity index (χ2n) is 4.67. The molecular formula is C14H17N3O. The molecule has 1 aliphatic heterocycles. The highest BCUT2D eigenvalue weighted by Gasteiger charge is 2.29. The Labute approximate surface area is 107 Å². The predicted molar refractivity (Wildman–Crippen MR) is 70.0 cm³/mol. The molecule has 1 amide bonds. The number of aryl methyl sites for hydroxylation is 1. The molecular weight excluding hydrogens is 226 g/mol. The molecule has 0 spiro atoms. The van der Waals surface area contributed by atoms with Crippen molar-refractivity contribution in [2.24, 2.45) is 0 Å². The van der Waals surface area contributed by atoms with Crippen molar-refractivity contribution in [1.82, 2.24) is 4.90 Å². The van der Waals surface area contributed by atoms with Crippen LogP contribution in [-0.4, -0.2) is 29.9 Å². The number of amides is 1. The van der Waals surface area contributed by atoms with E-state index in [1.807, 2.05) is 43.1 Å². The number of carbonyl (C=O) groups excluding carboxylic acids is 1. The quantitative estimate of drug-likeness (QED) is 0.861. The van der Waals surface area contributed by atoms with Crippen molar-refractivity contribution in [3.8, 4) is 6.07 Å². The van der Waals surface area contributed by atoms with Crippen LogP contribution in [0.1, 0.15) is 18.9 Å². The van der Waals surface area contributed by atoms with Gasteiger partial charge in [-0.2, -0.15) is 5.26 Å². The van der Waals surface area contributed by atoms with Crippen LogP contribution in [0.25, 0.3) is 0 Å². The summed E-state index contributed by atoms with van der Waals surface area (Å²) in [6.45, 7) is 1.81. The number of hydrogen-bond acceptors (Lipinski definition) is 3. The summed E-state index contributed by atoms with van der Waals surface area (Å²) in [5.41, 5.74) is 2.05. The average molecular weight is 243 g/mol. The van der Waals surface area contributed by atoms with Crippen molar-refractivity contribution in [2.75, 3.05) is 12.4 Å². The minimum absolute atomic E-state index is 0.0236. The van der Waals surface area contributed by atoms with Crippen molar-refractivity contribution in [3.63, 3.8) is 0 Å². The summed E-state index contributed by atoms with van der Waals surface area (Å²) in [7, 11) is 1.83. The summed E-state index contributed by atoms with van der Waals surface area (Å²) in [6, 6.07) is 9.51. The van der Waals surface area contributed by atoms with Gasteiger partial charge in [-0.1, -0.05) is 18.2 Å². The van der Waals surface area contributed by atoms with E-state index in [0.717, 1.165) is 24.1 Å². The van der Waals surface area contributed by atoms with Crippen LogP contribution in [0.4, 0.5) is 5.69 Å². The second-order valence-corrected chi connectivity index (χ2v) is 4.67. The smallest absolute Gasteiger partial charge is 0.241 e. The van der Waals surface area contributed by atoms with Gasteiger partial charge in [-0.05, 0) is 38.4 Å². The van der Waals surface area contributed by atoms with E-state index in [4.69, 9.17) is 5.26 Å². The van der Waals surface area contributed by atoms with Crippen LogP contribution >= 0.6 is 0 Å². The van der Waals surface area contributed by atoms with Gasteiger partial charge in [0.05, 0.1) is 18.2 Å². The van der Waals surface area contributed by atoms with E-state index in [2.05, 4.69) is 11.4 Å². The topological polar surface area (TPSA) is 56.1 Å². The number of rotatable bonds is 2. The van der Waals surface area contributed by atoms with Crippen LogP contribution in [0.15, 0.2) is 24.3 Å². The van der Waals surface area contributed by atoms with Gasteiger partial charge in [0.25, 0.3) is 0 Å². The summed E-state index contributed by atoms with van der Waals surface area (Å²) < 4.78 is 0. The largest absolute Gasteiger partial charge is 0.324 e. The van der Waals surface area contributed by atoms with Gasteiger partial charge in [-0.15, -0.1) is 0 Å². The third-order valence-corrected chi connectivity index (χ3v) is 3.55. The summed E-state index contributed by atoms with van der Waals surface area (Å²) >= 11 is 0. The zero-order valence-electron chi connectivity index (χ0n) is 10.7. The number of nitrogens with one attached hydrogen (secondary N) is 1. The van der Waals surface area contributed by atoms with E-state index in [9.17, 15) is 4.79 Å². The molecule has 0 saturated carbocycles. The molecule has 4 heteroatoms. The number of nitrogens with zero attached hydrogens (tertiary/aromatic N) is 2. The van der Waals surface area contributed by atoms with Crippen molar-refractivity contribution in [1.29, 1.82) is 5.26 Å². The Morgan fingerprint density at radius 3 is 2.94 bits per heavy atom. The van der Waals surface area contributed by atoms with Crippen LogP contribution in [0.3, 0.4) is 0 Å². The molecule has 0 saturated heterocycles. The molecule has 2 atom stereocenters. The van der Waals surface area contributed by atoms with Gasteiger partial charge in [0, 0.05) is 5.69 Å². The van der Waals surface area contributed by atoms with Gasteiger partial charge in [0.15, 0.2) is 0 Å². The SMILES string of the molecule is CC(C#N)N(C)C1CCc2ccccc2NC1=O. The minimum Gasteiger partial charge on any atom is -0.324 e. The van der Waals surface area contributed by atoms with Crippen LogP contribution in [0.2, 0.25) is 0 Å². The fraction of sp³-hybridized carbons (Fsp3) is 0.429. The molecule has 1 aromatic rings. The number of nitriles is 1. The van der Waals surface area contributed by atoms with Gasteiger partial charge in [-0.25, -0.2) is 0 Å². The highest BCUT2D eigenvalue weighted by molar-refractivity contribution is 5.96. The molecule has 2 rings (SSSR count).